The SMILES string of the molecule is COc1cccc(OC)c1C(=O)[P](=O)Cc1ccccc1. The third-order valence-corrected chi connectivity index (χ3v) is 4.37. The molecule has 1 unspecified atom stereocenters. The Balaban J connectivity index is 2.29. The van der Waals surface area contributed by atoms with Crippen LogP contribution in [0.2, 0.25) is 0 Å². The van der Waals surface area contributed by atoms with Gasteiger partial charge in [0.2, 0.25) is 5.52 Å². The number of hydrogen-bond donors (Lipinski definition) is 0. The summed E-state index contributed by atoms with van der Waals surface area (Å²) in [6, 6.07) is 14.3. The lowest BCUT2D eigenvalue weighted by molar-refractivity contribution is 0.107. The maximum Gasteiger partial charge on any atom is 0.249 e. The van der Waals surface area contributed by atoms with Crippen LogP contribution in [0, 0.1) is 0 Å². The monoisotopic (exact) mass is 303 g/mol. The molecule has 0 aliphatic carbocycles. The third-order valence-electron chi connectivity index (χ3n) is 3.04. The van der Waals surface area contributed by atoms with Crippen LogP contribution in [0.25, 0.3) is 0 Å². The Morgan fingerprint density at radius 2 is 1.52 bits per heavy atom. The molecular formula is C16H16O4P. The Labute approximate surface area is 124 Å². The molecule has 2 aromatic carbocycles. The molecule has 0 amide bonds. The largest absolute Gasteiger partial charge is 0.496 e. The lowest BCUT2D eigenvalue weighted by atomic mass is 10.2. The lowest BCUT2D eigenvalue weighted by Crippen LogP contribution is -2.02. The van der Waals surface area contributed by atoms with Crippen molar-refractivity contribution in [3.05, 3.63) is 59.7 Å². The Morgan fingerprint density at radius 1 is 0.952 bits per heavy atom. The van der Waals surface area contributed by atoms with Gasteiger partial charge in [0.1, 0.15) is 17.1 Å². The van der Waals surface area contributed by atoms with Crippen LogP contribution in [-0.4, -0.2) is 19.7 Å². The number of hydrogen-bond acceptors (Lipinski definition) is 4. The van der Waals surface area contributed by atoms with Gasteiger partial charge in [-0.25, -0.2) is 0 Å². The summed E-state index contributed by atoms with van der Waals surface area (Å²) >= 11 is 0. The predicted octanol–water partition coefficient (Wildman–Crippen LogP) is 3.87. The molecular weight excluding hydrogens is 287 g/mol. The fourth-order valence-electron chi connectivity index (χ4n) is 2.01. The number of carbonyl (C=O) groups is 1. The molecule has 0 N–H and O–H groups in total. The molecule has 0 aromatic heterocycles. The summed E-state index contributed by atoms with van der Waals surface area (Å²) in [5, 5.41) is 0. The molecule has 1 radical (unpaired) electrons. The molecule has 0 aliphatic heterocycles. The zero-order valence-electron chi connectivity index (χ0n) is 11.9. The normalized spacial score (nSPS) is 10.9. The Kier molecular flexibility index (Phi) is 5.07. The van der Waals surface area contributed by atoms with Crippen LogP contribution in [0.3, 0.4) is 0 Å². The second-order valence-corrected chi connectivity index (χ2v) is 5.84. The van der Waals surface area contributed by atoms with Gasteiger partial charge in [-0.15, -0.1) is 0 Å². The Bertz CT molecular complexity index is 630. The second-order valence-electron chi connectivity index (χ2n) is 4.36. The van der Waals surface area contributed by atoms with Gasteiger partial charge in [-0.2, -0.15) is 0 Å². The van der Waals surface area contributed by atoms with Gasteiger partial charge in [0.25, 0.3) is 0 Å². The van der Waals surface area contributed by atoms with E-state index in [1.807, 2.05) is 30.3 Å². The number of benzene rings is 2. The second kappa shape index (κ2) is 7.00. The van der Waals surface area contributed by atoms with Crippen LogP contribution < -0.4 is 9.47 Å². The molecule has 1 atom stereocenters. The van der Waals surface area contributed by atoms with Crippen LogP contribution in [0.5, 0.6) is 11.5 Å². The van der Waals surface area contributed by atoms with Gasteiger partial charge in [0, 0.05) is 0 Å². The van der Waals surface area contributed by atoms with E-state index in [0.717, 1.165) is 5.56 Å². The van der Waals surface area contributed by atoms with Gasteiger partial charge in [0.15, 0.2) is 7.80 Å². The van der Waals surface area contributed by atoms with Crippen LogP contribution >= 0.6 is 7.80 Å². The standard InChI is InChI=1S/C16H16O4P/c1-19-13-9-6-10-14(20-2)15(13)16(17)21(18)11-12-7-4-3-5-8-12/h3-10H,11H2,1-2H3. The lowest BCUT2D eigenvalue weighted by Gasteiger charge is -2.11. The number of ether oxygens (including phenoxy) is 2. The van der Waals surface area contributed by atoms with Gasteiger partial charge in [-0.05, 0) is 17.7 Å². The average Bonchev–Trinajstić information content (AvgIpc) is 2.54. The van der Waals surface area contributed by atoms with Crippen molar-refractivity contribution >= 4 is 13.3 Å². The highest BCUT2D eigenvalue weighted by Gasteiger charge is 2.24. The van der Waals surface area contributed by atoms with E-state index in [1.165, 1.54) is 14.2 Å². The van der Waals surface area contributed by atoms with Gasteiger partial charge in [-0.3, -0.25) is 9.36 Å². The van der Waals surface area contributed by atoms with Crippen LogP contribution in [0.1, 0.15) is 15.9 Å². The molecule has 0 saturated carbocycles. The molecule has 5 heteroatoms. The average molecular weight is 303 g/mol. The zero-order valence-corrected chi connectivity index (χ0v) is 12.8. The van der Waals surface area contributed by atoms with E-state index in [-0.39, 0.29) is 11.7 Å². The zero-order chi connectivity index (χ0) is 15.2. The number of carbonyl (C=O) groups excluding carboxylic acids is 1. The van der Waals surface area contributed by atoms with Crippen LogP contribution in [0.15, 0.2) is 48.5 Å². The van der Waals surface area contributed by atoms with Gasteiger partial charge < -0.3 is 9.47 Å². The molecule has 4 nitrogen and oxygen atoms in total. The molecule has 0 spiro atoms. The maximum atomic E-state index is 12.5. The maximum absolute atomic E-state index is 12.5. The molecule has 21 heavy (non-hydrogen) atoms. The molecule has 0 saturated heterocycles. The number of methoxy groups -OCH3 is 2. The fourth-order valence-corrected chi connectivity index (χ4v) is 3.16. The quantitative estimate of drug-likeness (QED) is 0.760. The molecule has 2 rings (SSSR count). The summed E-state index contributed by atoms with van der Waals surface area (Å²) in [4.78, 5) is 12.5. The van der Waals surface area contributed by atoms with E-state index in [2.05, 4.69) is 0 Å². The van der Waals surface area contributed by atoms with E-state index < -0.39 is 13.3 Å². The number of rotatable bonds is 6. The van der Waals surface area contributed by atoms with Crippen LogP contribution in [-0.2, 0) is 10.7 Å². The van der Waals surface area contributed by atoms with E-state index >= 15 is 0 Å². The topological polar surface area (TPSA) is 52.6 Å². The molecule has 2 aromatic rings. The first kappa shape index (κ1) is 15.2. The Hall–Kier alpha value is -2.19. The first-order valence-electron chi connectivity index (χ1n) is 6.41. The molecule has 0 fully saturated rings. The smallest absolute Gasteiger partial charge is 0.249 e. The van der Waals surface area contributed by atoms with Crippen molar-refractivity contribution in [3.63, 3.8) is 0 Å². The van der Waals surface area contributed by atoms with Crippen molar-refractivity contribution in [1.29, 1.82) is 0 Å². The Morgan fingerprint density at radius 3 is 2.05 bits per heavy atom. The molecule has 109 valence electrons. The summed E-state index contributed by atoms with van der Waals surface area (Å²) < 4.78 is 22.7. The van der Waals surface area contributed by atoms with Gasteiger partial charge in [-0.1, -0.05) is 36.4 Å². The highest BCUT2D eigenvalue weighted by molar-refractivity contribution is 7.63. The highest BCUT2D eigenvalue weighted by atomic mass is 31.1. The molecule has 0 heterocycles. The summed E-state index contributed by atoms with van der Waals surface area (Å²) in [6.45, 7) is 0. The van der Waals surface area contributed by atoms with E-state index in [1.54, 1.807) is 18.2 Å². The van der Waals surface area contributed by atoms with Crippen molar-refractivity contribution < 1.29 is 18.8 Å². The van der Waals surface area contributed by atoms with Gasteiger partial charge >= 0.3 is 0 Å². The van der Waals surface area contributed by atoms with Gasteiger partial charge in [0.05, 0.1) is 20.4 Å². The van der Waals surface area contributed by atoms with E-state index in [4.69, 9.17) is 9.47 Å². The minimum absolute atomic E-state index is 0.205. The minimum atomic E-state index is -2.09. The summed E-state index contributed by atoms with van der Waals surface area (Å²) in [5.74, 6) is 0.742. The molecule has 0 bridgehead atoms. The van der Waals surface area contributed by atoms with Crippen molar-refractivity contribution in [2.24, 2.45) is 0 Å². The summed E-state index contributed by atoms with van der Waals surface area (Å²) in [7, 11) is 0.849. The first-order valence-corrected chi connectivity index (χ1v) is 7.85. The van der Waals surface area contributed by atoms with Crippen molar-refractivity contribution in [2.45, 2.75) is 6.16 Å². The highest BCUT2D eigenvalue weighted by Crippen LogP contribution is 2.39. The molecule has 0 aliphatic rings. The fraction of sp³-hybridized carbons (Fsp3) is 0.188. The van der Waals surface area contributed by atoms with Crippen molar-refractivity contribution in [2.75, 3.05) is 14.2 Å². The minimum Gasteiger partial charge on any atom is -0.496 e. The predicted molar refractivity (Wildman–Crippen MR) is 81.6 cm³/mol. The van der Waals surface area contributed by atoms with E-state index in [9.17, 15) is 9.36 Å². The summed E-state index contributed by atoms with van der Waals surface area (Å²) in [6.07, 6.45) is 0.205. The van der Waals surface area contributed by atoms with Crippen LogP contribution in [0.4, 0.5) is 0 Å². The van der Waals surface area contributed by atoms with E-state index in [0.29, 0.717) is 11.5 Å². The van der Waals surface area contributed by atoms with Crippen molar-refractivity contribution in [3.8, 4) is 11.5 Å². The summed E-state index contributed by atoms with van der Waals surface area (Å²) in [5.41, 5.74) is 0.642. The first-order chi connectivity index (χ1) is 10.2. The van der Waals surface area contributed by atoms with Crippen molar-refractivity contribution in [1.82, 2.24) is 0 Å². The third kappa shape index (κ3) is 3.47.